The molecule has 7 heteroatoms. The minimum absolute atomic E-state index is 0.0534. The molecule has 0 aliphatic carbocycles. The number of hydrogen-bond donors (Lipinski definition) is 1. The molecule has 0 unspecified atom stereocenters. The average Bonchev–Trinajstić information content (AvgIpc) is 2.35. The van der Waals surface area contributed by atoms with Crippen molar-refractivity contribution in [1.82, 2.24) is 9.88 Å². The summed E-state index contributed by atoms with van der Waals surface area (Å²) in [4.78, 5) is 17.4. The third-order valence-corrected chi connectivity index (χ3v) is 3.43. The smallest absolute Gasteiger partial charge is 0.272 e. The van der Waals surface area contributed by atoms with Gasteiger partial charge in [0.15, 0.2) is 0 Å². The maximum Gasteiger partial charge on any atom is 0.272 e. The Morgan fingerprint density at radius 3 is 2.74 bits per heavy atom. The Balaban J connectivity index is 2.73. The number of amides is 1. The van der Waals surface area contributed by atoms with E-state index in [0.717, 1.165) is 18.5 Å². The number of hydrogen-bond acceptors (Lipinski definition) is 5. The van der Waals surface area contributed by atoms with Crippen LogP contribution in [-0.4, -0.2) is 56.4 Å². The third kappa shape index (κ3) is 5.25. The molecule has 1 amide bonds. The monoisotopic (exact) mass is 285 g/mol. The number of pyridine rings is 1. The Bertz CT molecular complexity index is 543. The summed E-state index contributed by atoms with van der Waals surface area (Å²) in [5, 5.41) is 3.09. The molecule has 0 aliphatic rings. The van der Waals surface area contributed by atoms with Crippen LogP contribution in [0.3, 0.4) is 0 Å². The molecule has 0 aromatic carbocycles. The lowest BCUT2D eigenvalue weighted by Crippen LogP contribution is -2.32. The van der Waals surface area contributed by atoms with Crippen LogP contribution in [0, 0.1) is 0 Å². The summed E-state index contributed by atoms with van der Waals surface area (Å²) in [6.45, 7) is 2.87. The highest BCUT2D eigenvalue weighted by atomic mass is 32.2. The normalized spacial score (nSPS) is 11.1. The van der Waals surface area contributed by atoms with Crippen molar-refractivity contribution in [3.8, 4) is 0 Å². The Labute approximate surface area is 113 Å². The molecule has 0 aliphatic heterocycles. The van der Waals surface area contributed by atoms with E-state index in [4.69, 9.17) is 0 Å². The van der Waals surface area contributed by atoms with Gasteiger partial charge in [0.2, 0.25) is 0 Å². The molecule has 19 heavy (non-hydrogen) atoms. The molecule has 0 fully saturated rings. The van der Waals surface area contributed by atoms with Gasteiger partial charge in [-0.25, -0.2) is 8.42 Å². The van der Waals surface area contributed by atoms with E-state index in [2.05, 4.69) is 10.3 Å². The largest absolute Gasteiger partial charge is 0.385 e. The van der Waals surface area contributed by atoms with Crippen LogP contribution in [0.15, 0.2) is 18.3 Å². The number of carbonyl (C=O) groups excluding carboxylic acids is 1. The Hall–Kier alpha value is -1.63. The molecule has 0 radical (unpaired) electrons. The summed E-state index contributed by atoms with van der Waals surface area (Å²) < 4.78 is 22.1. The van der Waals surface area contributed by atoms with Gasteiger partial charge in [-0.1, -0.05) is 0 Å². The number of anilines is 1. The Morgan fingerprint density at radius 2 is 2.16 bits per heavy atom. The Kier molecular flexibility index (Phi) is 5.29. The molecule has 1 heterocycles. The number of nitrogens with zero attached hydrogens (tertiary/aromatic N) is 2. The van der Waals surface area contributed by atoms with Crippen LogP contribution in [0.1, 0.15) is 17.4 Å². The zero-order chi connectivity index (χ0) is 14.5. The number of nitrogens with one attached hydrogen (secondary N) is 1. The quantitative estimate of drug-likeness (QED) is 0.829. The van der Waals surface area contributed by atoms with E-state index in [1.807, 2.05) is 6.92 Å². The highest BCUT2D eigenvalue weighted by Crippen LogP contribution is 2.09. The molecular weight excluding hydrogens is 266 g/mol. The fraction of sp³-hybridized carbons (Fsp3) is 0.500. The predicted octanol–water partition coefficient (Wildman–Crippen LogP) is 0.630. The van der Waals surface area contributed by atoms with Gasteiger partial charge in [-0.2, -0.15) is 0 Å². The highest BCUT2D eigenvalue weighted by molar-refractivity contribution is 7.90. The van der Waals surface area contributed by atoms with Gasteiger partial charge in [0.05, 0.1) is 5.75 Å². The lowest BCUT2D eigenvalue weighted by atomic mass is 10.3. The zero-order valence-corrected chi connectivity index (χ0v) is 12.2. The lowest BCUT2D eigenvalue weighted by Gasteiger charge is -2.16. The van der Waals surface area contributed by atoms with E-state index in [1.54, 1.807) is 25.4 Å². The van der Waals surface area contributed by atoms with Crippen LogP contribution < -0.4 is 5.32 Å². The summed E-state index contributed by atoms with van der Waals surface area (Å²) in [6.07, 6.45) is 2.70. The van der Waals surface area contributed by atoms with Crippen LogP contribution in [0.2, 0.25) is 0 Å². The number of sulfone groups is 1. The van der Waals surface area contributed by atoms with Crippen LogP contribution in [0.25, 0.3) is 0 Å². The lowest BCUT2D eigenvalue weighted by molar-refractivity contribution is 0.0798. The van der Waals surface area contributed by atoms with Gasteiger partial charge in [0.25, 0.3) is 5.91 Å². The molecule has 1 aromatic heterocycles. The Morgan fingerprint density at radius 1 is 1.47 bits per heavy atom. The van der Waals surface area contributed by atoms with E-state index in [9.17, 15) is 13.2 Å². The molecule has 1 aromatic rings. The molecule has 0 saturated carbocycles. The zero-order valence-electron chi connectivity index (χ0n) is 11.4. The summed E-state index contributed by atoms with van der Waals surface area (Å²) in [5.41, 5.74) is 1.12. The molecule has 1 N–H and O–H groups in total. The minimum Gasteiger partial charge on any atom is -0.385 e. The van der Waals surface area contributed by atoms with E-state index in [-0.39, 0.29) is 18.2 Å². The fourth-order valence-corrected chi connectivity index (χ4v) is 2.07. The third-order valence-electron chi connectivity index (χ3n) is 2.50. The van der Waals surface area contributed by atoms with Crippen LogP contribution in [-0.2, 0) is 9.84 Å². The van der Waals surface area contributed by atoms with Gasteiger partial charge in [-0.15, -0.1) is 0 Å². The molecule has 6 nitrogen and oxygen atoms in total. The summed E-state index contributed by atoms with van der Waals surface area (Å²) in [6, 6.07) is 3.43. The second kappa shape index (κ2) is 6.51. The van der Waals surface area contributed by atoms with Crippen molar-refractivity contribution < 1.29 is 13.2 Å². The second-order valence-corrected chi connectivity index (χ2v) is 6.58. The first-order valence-electron chi connectivity index (χ1n) is 5.96. The number of carbonyl (C=O) groups is 1. The van der Waals surface area contributed by atoms with Gasteiger partial charge in [-0.05, 0) is 19.1 Å². The maximum atomic E-state index is 12.1. The highest BCUT2D eigenvalue weighted by Gasteiger charge is 2.15. The van der Waals surface area contributed by atoms with Crippen molar-refractivity contribution in [2.75, 3.05) is 37.5 Å². The van der Waals surface area contributed by atoms with Crippen molar-refractivity contribution in [1.29, 1.82) is 0 Å². The van der Waals surface area contributed by atoms with Crippen molar-refractivity contribution in [2.24, 2.45) is 0 Å². The van der Waals surface area contributed by atoms with Crippen LogP contribution >= 0.6 is 0 Å². The van der Waals surface area contributed by atoms with Crippen LogP contribution in [0.4, 0.5) is 5.69 Å². The van der Waals surface area contributed by atoms with Gasteiger partial charge in [-0.3, -0.25) is 9.78 Å². The fourth-order valence-electron chi connectivity index (χ4n) is 1.46. The number of rotatable bonds is 6. The summed E-state index contributed by atoms with van der Waals surface area (Å²) in [5.74, 6) is -0.342. The van der Waals surface area contributed by atoms with E-state index >= 15 is 0 Å². The molecule has 0 saturated heterocycles. The SMILES string of the molecule is CCNc1ccnc(C(=O)N(C)CCS(C)(=O)=O)c1. The minimum atomic E-state index is -3.08. The van der Waals surface area contributed by atoms with E-state index < -0.39 is 9.84 Å². The van der Waals surface area contributed by atoms with Gasteiger partial charge >= 0.3 is 0 Å². The molecular formula is C12H19N3O3S. The van der Waals surface area contributed by atoms with E-state index in [1.165, 1.54) is 4.90 Å². The molecule has 0 atom stereocenters. The summed E-state index contributed by atoms with van der Waals surface area (Å²) in [7, 11) is -1.51. The summed E-state index contributed by atoms with van der Waals surface area (Å²) >= 11 is 0. The molecule has 0 bridgehead atoms. The van der Waals surface area contributed by atoms with Crippen molar-refractivity contribution in [3.05, 3.63) is 24.0 Å². The van der Waals surface area contributed by atoms with Gasteiger partial charge < -0.3 is 10.2 Å². The van der Waals surface area contributed by atoms with Gasteiger partial charge in [0.1, 0.15) is 15.5 Å². The average molecular weight is 285 g/mol. The topological polar surface area (TPSA) is 79.4 Å². The van der Waals surface area contributed by atoms with Crippen molar-refractivity contribution >= 4 is 21.4 Å². The molecule has 1 rings (SSSR count). The maximum absolute atomic E-state index is 12.1. The van der Waals surface area contributed by atoms with Crippen LogP contribution in [0.5, 0.6) is 0 Å². The van der Waals surface area contributed by atoms with Crippen molar-refractivity contribution in [3.63, 3.8) is 0 Å². The number of aromatic nitrogens is 1. The molecule has 0 spiro atoms. The predicted molar refractivity (Wildman–Crippen MR) is 75.1 cm³/mol. The second-order valence-electron chi connectivity index (χ2n) is 4.32. The van der Waals surface area contributed by atoms with Gasteiger partial charge in [0, 0.05) is 38.3 Å². The molecule has 106 valence electrons. The first kappa shape index (κ1) is 15.4. The van der Waals surface area contributed by atoms with Crippen molar-refractivity contribution in [2.45, 2.75) is 6.92 Å². The first-order valence-corrected chi connectivity index (χ1v) is 8.02. The standard InChI is InChI=1S/C12H19N3O3S/c1-4-13-10-5-6-14-11(9-10)12(16)15(2)7-8-19(3,17)18/h5-6,9H,4,7-8H2,1-3H3,(H,13,14). The first-order chi connectivity index (χ1) is 8.83. The van der Waals surface area contributed by atoms with E-state index in [0.29, 0.717) is 5.69 Å².